The zero-order valence-electron chi connectivity index (χ0n) is 51.7. The first kappa shape index (κ1) is 71.9. The van der Waals surface area contributed by atoms with Crippen molar-refractivity contribution in [3.8, 4) is 11.5 Å². The van der Waals surface area contributed by atoms with Crippen molar-refractivity contribution in [2.75, 3.05) is 75.7 Å². The third-order valence-electron chi connectivity index (χ3n) is 12.5. The first-order chi connectivity index (χ1) is 42.0. The molecule has 1 fully saturated rings. The molecule has 5 rings (SSSR count). The molecular formula is C60H83Cl2N13O14. The molecule has 2 aromatic heterocycles. The van der Waals surface area contributed by atoms with Crippen LogP contribution in [0, 0.1) is 0 Å². The molecule has 0 saturated carbocycles. The molecule has 0 radical (unpaired) electrons. The first-order valence-electron chi connectivity index (χ1n) is 29.1. The lowest BCUT2D eigenvalue weighted by Gasteiger charge is -2.20. The van der Waals surface area contributed by atoms with Crippen LogP contribution in [0.5, 0.6) is 11.5 Å². The van der Waals surface area contributed by atoms with Crippen LogP contribution in [0.15, 0.2) is 58.5 Å². The van der Waals surface area contributed by atoms with Gasteiger partial charge in [-0.05, 0) is 142 Å². The molecule has 3 heterocycles. The van der Waals surface area contributed by atoms with Crippen molar-refractivity contribution in [3.05, 3.63) is 81.4 Å². The molecule has 1 aliphatic rings. The van der Waals surface area contributed by atoms with E-state index in [-0.39, 0.29) is 122 Å². The first-order valence-corrected chi connectivity index (χ1v) is 29.9. The van der Waals surface area contributed by atoms with E-state index in [1.807, 2.05) is 48.5 Å². The normalized spacial score (nSPS) is 15.0. The van der Waals surface area contributed by atoms with Crippen molar-refractivity contribution in [3.63, 3.8) is 0 Å². The van der Waals surface area contributed by atoms with Crippen LogP contribution in [0.1, 0.15) is 145 Å². The second-order valence-electron chi connectivity index (χ2n) is 22.9. The lowest BCUT2D eigenvalue weighted by molar-refractivity contribution is -0.159. The topological polar surface area (TPSA) is 393 Å². The lowest BCUT2D eigenvalue weighted by Crippen LogP contribution is -2.46. The standard InChI is InChI=1S/C60H83Cl2N13O14/c1-58(2,3)88-56(80)69-38(35-42(77)43-49(63)72-51(65)47(61)70-43)17-11-9-10-15-36-19-23-40(24-20-36)85-34-32-83-30-28-67-54(79)46-45(86-60(7,8)87-46)41(76)18-14-29-82-31-33-84-39-25-21-37(22-26-39)16-12-13-27-68-55(75-57(81)89-59(4,5)6)74-53(78)44-50(64)73-52(66)48(62)71-44/h19-26,45-46H,9-18,27-35H2,1-8H3,(H,67,79)(H4,63,65,72)(H4,64,66,73)(H2,68,74,75,78,81). The summed E-state index contributed by atoms with van der Waals surface area (Å²) in [4.78, 5) is 102. The summed E-state index contributed by atoms with van der Waals surface area (Å²) in [5, 5.41) is 7.34. The number of alkyl carbamates (subject to hydrolysis) is 1. The molecule has 486 valence electrons. The Hall–Kier alpha value is -7.82. The molecule has 2 unspecified atom stereocenters. The van der Waals surface area contributed by atoms with Gasteiger partial charge in [-0.2, -0.15) is 4.99 Å². The second-order valence-corrected chi connectivity index (χ2v) is 23.6. The maximum atomic E-state index is 13.3. The Kier molecular flexibility index (Phi) is 28.1. The van der Waals surface area contributed by atoms with Crippen LogP contribution in [0.2, 0.25) is 10.3 Å². The van der Waals surface area contributed by atoms with Gasteiger partial charge in [0, 0.05) is 31.8 Å². The molecule has 2 atom stereocenters. The number of nitrogen functional groups attached to an aromatic ring is 4. The highest BCUT2D eigenvalue weighted by Gasteiger charge is 2.48. The molecule has 1 aliphatic heterocycles. The number of hydrogen-bond donors (Lipinski definition) is 7. The molecular weight excluding hydrogens is 1200 g/mol. The average Bonchev–Trinajstić information content (AvgIpc) is 2.81. The van der Waals surface area contributed by atoms with Crippen molar-refractivity contribution in [2.24, 2.45) is 9.98 Å². The molecule has 4 amide bonds. The largest absolute Gasteiger partial charge is 0.491 e. The van der Waals surface area contributed by atoms with E-state index in [0.717, 1.165) is 43.2 Å². The van der Waals surface area contributed by atoms with Crippen LogP contribution in [0.4, 0.5) is 32.9 Å². The number of ether oxygens (including phenoxy) is 8. The quantitative estimate of drug-likeness (QED) is 0.0106. The predicted octanol–water partition coefficient (Wildman–Crippen LogP) is 7.76. The van der Waals surface area contributed by atoms with E-state index in [1.54, 1.807) is 55.4 Å². The van der Waals surface area contributed by atoms with E-state index in [1.165, 1.54) is 0 Å². The zero-order valence-corrected chi connectivity index (χ0v) is 53.2. The lowest BCUT2D eigenvalue weighted by atomic mass is 10.0. The number of rotatable bonds is 32. The fourth-order valence-corrected chi connectivity index (χ4v) is 8.69. The van der Waals surface area contributed by atoms with E-state index < -0.39 is 59.0 Å². The van der Waals surface area contributed by atoms with Gasteiger partial charge in [0.25, 0.3) is 11.8 Å². The van der Waals surface area contributed by atoms with Gasteiger partial charge in [-0.15, -0.1) is 0 Å². The van der Waals surface area contributed by atoms with Crippen LogP contribution in [-0.4, -0.2) is 149 Å². The average molecular weight is 1280 g/mol. The van der Waals surface area contributed by atoms with Gasteiger partial charge in [-0.3, -0.25) is 34.8 Å². The molecule has 29 heteroatoms. The number of guanidine groups is 1. The van der Waals surface area contributed by atoms with E-state index in [4.69, 9.17) is 84.0 Å². The zero-order chi connectivity index (χ0) is 65.3. The number of amides is 4. The monoisotopic (exact) mass is 1280 g/mol. The highest BCUT2D eigenvalue weighted by Crippen LogP contribution is 2.30. The van der Waals surface area contributed by atoms with Crippen LogP contribution < -0.4 is 48.4 Å². The number of benzene rings is 2. The Morgan fingerprint density at radius 2 is 1.15 bits per heavy atom. The highest BCUT2D eigenvalue weighted by atomic mass is 35.5. The van der Waals surface area contributed by atoms with E-state index >= 15 is 0 Å². The minimum atomic E-state index is -1.15. The van der Waals surface area contributed by atoms with Gasteiger partial charge in [0.15, 0.2) is 74.5 Å². The minimum Gasteiger partial charge on any atom is -0.491 e. The number of nitrogens with two attached hydrogens (primary N) is 4. The number of aryl methyl sites for hydroxylation is 2. The number of unbranched alkanes of at least 4 members (excludes halogenated alkanes) is 3. The predicted molar refractivity (Wildman–Crippen MR) is 335 cm³/mol. The van der Waals surface area contributed by atoms with Crippen molar-refractivity contribution in [2.45, 2.75) is 155 Å². The summed E-state index contributed by atoms with van der Waals surface area (Å²) in [6.45, 7) is 15.6. The number of nitrogens with zero attached hydrogens (tertiary/aromatic N) is 6. The number of aromatic nitrogens is 4. The van der Waals surface area contributed by atoms with Crippen LogP contribution >= 0.6 is 23.2 Å². The second kappa shape index (κ2) is 34.8. The molecule has 0 spiro atoms. The number of hydrogen-bond acceptors (Lipinski definition) is 23. The van der Waals surface area contributed by atoms with Gasteiger partial charge in [-0.25, -0.2) is 29.5 Å². The Morgan fingerprint density at radius 3 is 1.73 bits per heavy atom. The molecule has 89 heavy (non-hydrogen) atoms. The number of halogens is 2. The number of anilines is 4. The molecule has 2 aromatic carbocycles. The molecule has 4 aromatic rings. The van der Waals surface area contributed by atoms with Gasteiger partial charge in [-0.1, -0.05) is 53.9 Å². The van der Waals surface area contributed by atoms with Crippen LogP contribution in [0.3, 0.4) is 0 Å². The smallest absolute Gasteiger partial charge is 0.434 e. The fourth-order valence-electron chi connectivity index (χ4n) is 8.44. The van der Waals surface area contributed by atoms with Gasteiger partial charge < -0.3 is 66.1 Å². The van der Waals surface area contributed by atoms with Crippen molar-refractivity contribution in [1.29, 1.82) is 0 Å². The van der Waals surface area contributed by atoms with Gasteiger partial charge in [0.05, 0.1) is 26.2 Å². The maximum Gasteiger partial charge on any atom is 0.434 e. The van der Waals surface area contributed by atoms with Crippen LogP contribution in [0.25, 0.3) is 0 Å². The molecule has 1 saturated heterocycles. The van der Waals surface area contributed by atoms with E-state index in [2.05, 4.69) is 45.9 Å². The number of carbonyl (C=O) groups is 6. The summed E-state index contributed by atoms with van der Waals surface area (Å²) in [7, 11) is 0. The van der Waals surface area contributed by atoms with Gasteiger partial charge in [0.1, 0.15) is 35.9 Å². The Balaban J connectivity index is 0.913. The van der Waals surface area contributed by atoms with E-state index in [9.17, 15) is 28.8 Å². The van der Waals surface area contributed by atoms with Gasteiger partial charge >= 0.3 is 12.2 Å². The minimum absolute atomic E-state index is 0.0978. The third kappa shape index (κ3) is 26.4. The number of carbonyl (C=O) groups excluding carboxylic acids is 6. The summed E-state index contributed by atoms with van der Waals surface area (Å²) < 4.78 is 45.5. The molecule has 27 nitrogen and oxygen atoms in total. The van der Waals surface area contributed by atoms with E-state index in [0.29, 0.717) is 42.9 Å². The summed E-state index contributed by atoms with van der Waals surface area (Å²) in [5.41, 5.74) is 23.5. The SMILES string of the molecule is CC(C)(C)OC(=O)N=C(CCCCCc1ccc(OCCOCCNC(=O)C2OC(C)(C)OC2C(=O)CCCOCCOc2ccc(CCCCN=C(NC(=O)OC(C)(C)C)NC(=O)c3nc(Cl)c(N)nc3N)cc2)cc1)CC(=O)c1nc(Cl)c(N)nc1N. The molecule has 0 aliphatic carbocycles. The molecule has 11 N–H and O–H groups in total. The summed E-state index contributed by atoms with van der Waals surface area (Å²) in [6.07, 6.45) is 1.98. The summed E-state index contributed by atoms with van der Waals surface area (Å²) >= 11 is 11.9. The molecule has 0 bridgehead atoms. The number of ketones is 2. The van der Waals surface area contributed by atoms with Crippen LogP contribution in [-0.2, 0) is 50.9 Å². The Morgan fingerprint density at radius 1 is 0.607 bits per heavy atom. The Bertz CT molecular complexity index is 3100. The third-order valence-corrected chi connectivity index (χ3v) is 13.0. The number of aliphatic imine (C=N–C) groups is 2. The van der Waals surface area contributed by atoms with Gasteiger partial charge in [0.2, 0.25) is 5.96 Å². The summed E-state index contributed by atoms with van der Waals surface area (Å²) in [5.74, 6) is -2.72. The van der Waals surface area contributed by atoms with Crippen molar-refractivity contribution < 1.29 is 66.7 Å². The number of nitrogens with one attached hydrogen (secondary N) is 3. The number of Topliss-reactive ketones (excluding diaryl/α,β-unsaturated/α-hetero) is 2. The van der Waals surface area contributed by atoms with Crippen molar-refractivity contribution in [1.82, 2.24) is 35.9 Å². The Labute approximate surface area is 527 Å². The van der Waals surface area contributed by atoms with Crippen molar-refractivity contribution >= 4 is 93.7 Å². The maximum absolute atomic E-state index is 13.3. The highest BCUT2D eigenvalue weighted by molar-refractivity contribution is 6.32. The summed E-state index contributed by atoms with van der Waals surface area (Å²) in [6, 6.07) is 15.3. The fraction of sp³-hybridized carbons (Fsp3) is 0.533.